The van der Waals surface area contributed by atoms with Crippen LogP contribution in [0, 0.1) is 0 Å². The molecule has 0 amide bonds. The van der Waals surface area contributed by atoms with E-state index >= 15 is 0 Å². The molecule has 1 aromatic carbocycles. The van der Waals surface area contributed by atoms with Gasteiger partial charge in [-0.05, 0) is 12.1 Å². The lowest BCUT2D eigenvalue weighted by Gasteiger charge is -2.21. The molecule has 1 aliphatic rings. The van der Waals surface area contributed by atoms with E-state index < -0.39 is 11.7 Å². The summed E-state index contributed by atoms with van der Waals surface area (Å²) < 4.78 is 42.9. The number of benzene rings is 1. The van der Waals surface area contributed by atoms with Gasteiger partial charge in [0.1, 0.15) is 17.3 Å². The standard InChI is InChI=1S/C20H17F3N8/c1-11(2)17-29-28-15-10-25-16-14(31(15)17)9-26-19(27-16)30-7-6-24-18(30)12-4-3-5-13(8-12)20(21,22)23/h3-9,11H,10H2,1-2H3,(H,25,26,27). The van der Waals surface area contributed by atoms with Gasteiger partial charge >= 0.3 is 6.18 Å². The van der Waals surface area contributed by atoms with E-state index in [-0.39, 0.29) is 5.92 Å². The number of hydrogen-bond donors (Lipinski definition) is 1. The predicted molar refractivity (Wildman–Crippen MR) is 106 cm³/mol. The van der Waals surface area contributed by atoms with E-state index in [1.54, 1.807) is 23.0 Å². The average molecular weight is 426 g/mol. The van der Waals surface area contributed by atoms with Crippen molar-refractivity contribution in [3.05, 3.63) is 60.1 Å². The molecule has 0 aliphatic carbocycles. The number of aromatic nitrogens is 7. The Kier molecular flexibility index (Phi) is 4.27. The van der Waals surface area contributed by atoms with Crippen LogP contribution < -0.4 is 5.32 Å². The van der Waals surface area contributed by atoms with Gasteiger partial charge in [0.25, 0.3) is 0 Å². The average Bonchev–Trinajstić information content (AvgIpc) is 3.40. The van der Waals surface area contributed by atoms with Crippen LogP contribution in [0.4, 0.5) is 19.0 Å². The monoisotopic (exact) mass is 426 g/mol. The second-order valence-corrected chi connectivity index (χ2v) is 7.42. The second-order valence-electron chi connectivity index (χ2n) is 7.42. The largest absolute Gasteiger partial charge is 0.416 e. The van der Waals surface area contributed by atoms with Gasteiger partial charge in [0, 0.05) is 23.9 Å². The lowest BCUT2D eigenvalue weighted by atomic mass is 10.1. The van der Waals surface area contributed by atoms with Crippen molar-refractivity contribution in [2.24, 2.45) is 0 Å². The van der Waals surface area contributed by atoms with Crippen LogP contribution in [-0.4, -0.2) is 34.3 Å². The Hall–Kier alpha value is -3.76. The molecule has 158 valence electrons. The normalized spacial score (nSPS) is 13.1. The number of imidazole rings is 1. The maximum Gasteiger partial charge on any atom is 0.416 e. The van der Waals surface area contributed by atoms with E-state index in [1.807, 2.05) is 18.4 Å². The smallest absolute Gasteiger partial charge is 0.361 e. The molecule has 3 aromatic heterocycles. The van der Waals surface area contributed by atoms with E-state index in [4.69, 9.17) is 0 Å². The van der Waals surface area contributed by atoms with Crippen LogP contribution in [0.1, 0.15) is 37.0 Å². The summed E-state index contributed by atoms with van der Waals surface area (Å²) in [7, 11) is 0. The molecule has 5 rings (SSSR count). The lowest BCUT2D eigenvalue weighted by Crippen LogP contribution is -2.20. The van der Waals surface area contributed by atoms with E-state index in [0.29, 0.717) is 29.7 Å². The summed E-state index contributed by atoms with van der Waals surface area (Å²) in [6, 6.07) is 5.02. The van der Waals surface area contributed by atoms with Crippen molar-refractivity contribution in [3.63, 3.8) is 0 Å². The van der Waals surface area contributed by atoms with Gasteiger partial charge in [0.15, 0.2) is 11.6 Å². The first-order chi connectivity index (χ1) is 14.8. The molecule has 1 N–H and O–H groups in total. The van der Waals surface area contributed by atoms with Crippen LogP contribution in [0.5, 0.6) is 0 Å². The summed E-state index contributed by atoms with van der Waals surface area (Å²) in [4.78, 5) is 13.3. The number of fused-ring (bicyclic) bond motifs is 3. The fourth-order valence-corrected chi connectivity index (χ4v) is 3.53. The quantitative estimate of drug-likeness (QED) is 0.533. The molecule has 4 heterocycles. The Morgan fingerprint density at radius 1 is 1.13 bits per heavy atom. The third-order valence-electron chi connectivity index (χ3n) is 4.99. The summed E-state index contributed by atoms with van der Waals surface area (Å²) >= 11 is 0. The zero-order valence-electron chi connectivity index (χ0n) is 16.6. The molecule has 0 radical (unpaired) electrons. The van der Waals surface area contributed by atoms with Gasteiger partial charge in [0.2, 0.25) is 5.95 Å². The second kappa shape index (κ2) is 6.89. The summed E-state index contributed by atoms with van der Waals surface area (Å²) in [5.41, 5.74) is 0.297. The van der Waals surface area contributed by atoms with Crippen molar-refractivity contribution in [3.8, 4) is 23.0 Å². The molecule has 31 heavy (non-hydrogen) atoms. The van der Waals surface area contributed by atoms with Gasteiger partial charge in [0.05, 0.1) is 18.3 Å². The Balaban J connectivity index is 1.58. The van der Waals surface area contributed by atoms with Gasteiger partial charge in [-0.3, -0.25) is 9.13 Å². The Morgan fingerprint density at radius 2 is 1.97 bits per heavy atom. The Morgan fingerprint density at radius 3 is 2.74 bits per heavy atom. The number of alkyl halides is 3. The van der Waals surface area contributed by atoms with Gasteiger partial charge < -0.3 is 5.32 Å². The van der Waals surface area contributed by atoms with Crippen LogP contribution in [-0.2, 0) is 12.7 Å². The zero-order chi connectivity index (χ0) is 21.8. The van der Waals surface area contributed by atoms with Crippen LogP contribution in [0.25, 0.3) is 23.0 Å². The fraction of sp³-hybridized carbons (Fsp3) is 0.250. The zero-order valence-corrected chi connectivity index (χ0v) is 16.6. The van der Waals surface area contributed by atoms with Crippen molar-refractivity contribution in [1.82, 2.24) is 34.3 Å². The predicted octanol–water partition coefficient (Wildman–Crippen LogP) is 3.98. The molecule has 0 saturated heterocycles. The minimum atomic E-state index is -4.44. The van der Waals surface area contributed by atoms with Crippen molar-refractivity contribution in [2.45, 2.75) is 32.5 Å². The lowest BCUT2D eigenvalue weighted by molar-refractivity contribution is -0.137. The number of nitrogens with zero attached hydrogens (tertiary/aromatic N) is 7. The maximum absolute atomic E-state index is 13.1. The van der Waals surface area contributed by atoms with Crippen LogP contribution in [0.2, 0.25) is 0 Å². The van der Waals surface area contributed by atoms with Gasteiger partial charge in [-0.2, -0.15) is 18.2 Å². The van der Waals surface area contributed by atoms with Crippen molar-refractivity contribution >= 4 is 5.82 Å². The van der Waals surface area contributed by atoms with Crippen LogP contribution >= 0.6 is 0 Å². The molecular formula is C20H17F3N8. The number of hydrogen-bond acceptors (Lipinski definition) is 6. The SMILES string of the molecule is CC(C)c1nnc2n1-c1cnc(-n3ccnc3-c3cccc(C(F)(F)F)c3)nc1NC2. The summed E-state index contributed by atoms with van der Waals surface area (Å²) in [6.07, 6.45) is 0.327. The van der Waals surface area contributed by atoms with Gasteiger partial charge in [-0.15, -0.1) is 10.2 Å². The number of anilines is 1. The maximum atomic E-state index is 13.1. The molecule has 0 bridgehead atoms. The molecule has 0 atom stereocenters. The Bertz CT molecular complexity index is 1270. The molecule has 11 heteroatoms. The molecule has 8 nitrogen and oxygen atoms in total. The minimum absolute atomic E-state index is 0.160. The van der Waals surface area contributed by atoms with Crippen molar-refractivity contribution in [1.29, 1.82) is 0 Å². The van der Waals surface area contributed by atoms with Crippen LogP contribution in [0.15, 0.2) is 42.9 Å². The molecular weight excluding hydrogens is 409 g/mol. The molecule has 0 saturated carbocycles. The first-order valence-corrected chi connectivity index (χ1v) is 9.60. The fourth-order valence-electron chi connectivity index (χ4n) is 3.53. The van der Waals surface area contributed by atoms with Gasteiger partial charge in [-0.25, -0.2) is 9.97 Å². The highest BCUT2D eigenvalue weighted by Crippen LogP contribution is 2.33. The minimum Gasteiger partial charge on any atom is -0.361 e. The third kappa shape index (κ3) is 3.22. The molecule has 0 spiro atoms. The van der Waals surface area contributed by atoms with Gasteiger partial charge in [-0.1, -0.05) is 26.0 Å². The van der Waals surface area contributed by atoms with Crippen molar-refractivity contribution in [2.75, 3.05) is 5.32 Å². The summed E-state index contributed by atoms with van der Waals surface area (Å²) in [5.74, 6) is 2.92. The highest BCUT2D eigenvalue weighted by atomic mass is 19.4. The van der Waals surface area contributed by atoms with E-state index in [1.165, 1.54) is 12.3 Å². The Labute approximate surface area is 174 Å². The summed E-state index contributed by atoms with van der Waals surface area (Å²) in [6.45, 7) is 4.51. The highest BCUT2D eigenvalue weighted by molar-refractivity contribution is 5.62. The summed E-state index contributed by atoms with van der Waals surface area (Å²) in [5, 5.41) is 11.7. The van der Waals surface area contributed by atoms with Crippen molar-refractivity contribution < 1.29 is 13.2 Å². The molecule has 4 aromatic rings. The third-order valence-corrected chi connectivity index (χ3v) is 4.99. The first-order valence-electron chi connectivity index (χ1n) is 9.60. The topological polar surface area (TPSA) is 86.3 Å². The molecule has 1 aliphatic heterocycles. The first kappa shape index (κ1) is 19.2. The van der Waals surface area contributed by atoms with E-state index in [9.17, 15) is 13.2 Å². The number of nitrogens with one attached hydrogen (secondary N) is 1. The number of halogens is 3. The molecule has 0 fully saturated rings. The molecule has 0 unspecified atom stereocenters. The number of rotatable bonds is 3. The van der Waals surface area contributed by atoms with Crippen LogP contribution in [0.3, 0.4) is 0 Å². The highest BCUT2D eigenvalue weighted by Gasteiger charge is 2.31. The van der Waals surface area contributed by atoms with E-state index in [0.717, 1.165) is 29.5 Å². The van der Waals surface area contributed by atoms with E-state index in [2.05, 4.69) is 30.5 Å².